The van der Waals surface area contributed by atoms with E-state index in [2.05, 4.69) is 49.4 Å². The lowest BCUT2D eigenvalue weighted by molar-refractivity contribution is 0.917. The molecule has 2 aliphatic carbocycles. The molecule has 0 saturated heterocycles. The summed E-state index contributed by atoms with van der Waals surface area (Å²) in [4.78, 5) is 0. The van der Waals surface area contributed by atoms with Crippen LogP contribution in [0.5, 0.6) is 0 Å². The van der Waals surface area contributed by atoms with Crippen molar-refractivity contribution in [1.82, 2.24) is 0 Å². The highest BCUT2D eigenvalue weighted by Crippen LogP contribution is 2.39. The van der Waals surface area contributed by atoms with Gasteiger partial charge in [0.2, 0.25) is 0 Å². The zero-order valence-electron chi connectivity index (χ0n) is 11.8. The molecule has 98 valence electrons. The molecule has 0 bridgehead atoms. The molecule has 0 fully saturated rings. The largest absolute Gasteiger partial charge is 0.0804 e. The molecule has 0 N–H and O–H groups in total. The maximum Gasteiger partial charge on any atom is -0.0149 e. The number of allylic oxidation sites excluding steroid dienone is 6. The van der Waals surface area contributed by atoms with E-state index in [1.54, 1.807) is 5.57 Å². The van der Waals surface area contributed by atoms with Crippen LogP contribution in [0, 0.1) is 0 Å². The van der Waals surface area contributed by atoms with E-state index in [0.717, 1.165) is 0 Å². The molecule has 0 aromatic heterocycles. The van der Waals surface area contributed by atoms with Crippen LogP contribution in [0.25, 0.3) is 5.57 Å². The van der Waals surface area contributed by atoms with E-state index in [4.69, 9.17) is 0 Å². The maximum absolute atomic E-state index is 2.46. The van der Waals surface area contributed by atoms with Crippen LogP contribution in [0.3, 0.4) is 0 Å². The molecule has 19 heavy (non-hydrogen) atoms. The smallest absolute Gasteiger partial charge is 0.0149 e. The summed E-state index contributed by atoms with van der Waals surface area (Å²) in [5.74, 6) is 0. The fourth-order valence-electron chi connectivity index (χ4n) is 3.17. The van der Waals surface area contributed by atoms with Gasteiger partial charge in [0.05, 0.1) is 0 Å². The molecule has 0 saturated carbocycles. The third-order valence-corrected chi connectivity index (χ3v) is 4.15. The Morgan fingerprint density at radius 1 is 1.05 bits per heavy atom. The van der Waals surface area contributed by atoms with Crippen LogP contribution in [0.4, 0.5) is 0 Å². The Balaban J connectivity index is 2.13. The van der Waals surface area contributed by atoms with Gasteiger partial charge in [-0.3, -0.25) is 0 Å². The molecule has 1 aromatic carbocycles. The molecule has 1 aromatic rings. The summed E-state index contributed by atoms with van der Waals surface area (Å²) in [7, 11) is 0. The quantitative estimate of drug-likeness (QED) is 0.653. The van der Waals surface area contributed by atoms with Crippen LogP contribution in [0.15, 0.2) is 53.6 Å². The number of aryl methyl sites for hydroxylation is 1. The zero-order valence-corrected chi connectivity index (χ0v) is 11.8. The fraction of sp³-hybridized carbons (Fsp3) is 0.368. The number of unbranched alkanes of at least 4 members (excludes halogenated alkanes) is 1. The zero-order chi connectivity index (χ0) is 13.1. The summed E-state index contributed by atoms with van der Waals surface area (Å²) in [5, 5.41) is 0. The molecular formula is C19H22. The monoisotopic (exact) mass is 250 g/mol. The third-order valence-electron chi connectivity index (χ3n) is 4.15. The number of fused-ring (bicyclic) bond motifs is 2. The van der Waals surface area contributed by atoms with Gasteiger partial charge >= 0.3 is 0 Å². The molecule has 2 aliphatic rings. The number of benzene rings is 1. The fourth-order valence-corrected chi connectivity index (χ4v) is 3.17. The number of hydrogen-bond donors (Lipinski definition) is 0. The molecule has 0 unspecified atom stereocenters. The minimum Gasteiger partial charge on any atom is -0.0804 e. The molecule has 3 rings (SSSR count). The van der Waals surface area contributed by atoms with Crippen LogP contribution >= 0.6 is 0 Å². The van der Waals surface area contributed by atoms with Crippen molar-refractivity contribution in [2.24, 2.45) is 0 Å². The van der Waals surface area contributed by atoms with E-state index in [0.29, 0.717) is 0 Å². The minimum atomic E-state index is 1.17. The lowest BCUT2D eigenvalue weighted by Crippen LogP contribution is -1.96. The molecule has 0 amide bonds. The standard InChI is InChI=1S/C19H22/c1-2-3-10-19-17-11-6-4-8-15(17)13-14-16-9-5-7-12-18(16)19/h4,6,8-12H,2-3,5,7,13-14H2,1H3/b19-10+. The van der Waals surface area contributed by atoms with Crippen molar-refractivity contribution in [2.75, 3.05) is 0 Å². The molecule has 0 spiro atoms. The average Bonchev–Trinajstić information content (AvgIpc) is 2.62. The topological polar surface area (TPSA) is 0 Å². The Kier molecular flexibility index (Phi) is 3.68. The summed E-state index contributed by atoms with van der Waals surface area (Å²) in [5.41, 5.74) is 7.56. The van der Waals surface area contributed by atoms with Gasteiger partial charge in [0, 0.05) is 0 Å². The predicted octanol–water partition coefficient (Wildman–Crippen LogP) is 5.46. The van der Waals surface area contributed by atoms with E-state index >= 15 is 0 Å². The van der Waals surface area contributed by atoms with Gasteiger partial charge in [-0.15, -0.1) is 0 Å². The SMILES string of the molecule is CCC/C=C1/C2=CCCC=C2CCc2ccccc21. The summed E-state index contributed by atoms with van der Waals surface area (Å²) in [6.45, 7) is 2.26. The highest BCUT2D eigenvalue weighted by molar-refractivity contribution is 5.86. The molecule has 0 atom stereocenters. The van der Waals surface area contributed by atoms with Crippen molar-refractivity contribution in [3.63, 3.8) is 0 Å². The Labute approximate surface area is 116 Å². The molecule has 0 heterocycles. The first-order valence-electron chi connectivity index (χ1n) is 7.58. The highest BCUT2D eigenvalue weighted by Gasteiger charge is 2.20. The van der Waals surface area contributed by atoms with E-state index < -0.39 is 0 Å². The van der Waals surface area contributed by atoms with E-state index in [9.17, 15) is 0 Å². The summed E-state index contributed by atoms with van der Waals surface area (Å²) in [6, 6.07) is 8.95. The van der Waals surface area contributed by atoms with Gasteiger partial charge < -0.3 is 0 Å². The van der Waals surface area contributed by atoms with Crippen molar-refractivity contribution in [3.8, 4) is 0 Å². The normalized spacial score (nSPS) is 20.2. The Hall–Kier alpha value is -1.56. The Morgan fingerprint density at radius 3 is 2.79 bits per heavy atom. The summed E-state index contributed by atoms with van der Waals surface area (Å²) >= 11 is 0. The summed E-state index contributed by atoms with van der Waals surface area (Å²) < 4.78 is 0. The maximum atomic E-state index is 2.46. The van der Waals surface area contributed by atoms with Crippen molar-refractivity contribution >= 4 is 5.57 Å². The Bertz CT molecular complexity index is 555. The van der Waals surface area contributed by atoms with Crippen LogP contribution in [-0.4, -0.2) is 0 Å². The van der Waals surface area contributed by atoms with Gasteiger partial charge in [0.25, 0.3) is 0 Å². The van der Waals surface area contributed by atoms with Crippen LogP contribution in [0.2, 0.25) is 0 Å². The molecule has 0 nitrogen and oxygen atoms in total. The van der Waals surface area contributed by atoms with Gasteiger partial charge in [-0.05, 0) is 60.0 Å². The Morgan fingerprint density at radius 2 is 1.89 bits per heavy atom. The van der Waals surface area contributed by atoms with Gasteiger partial charge in [0.15, 0.2) is 0 Å². The molecule has 0 aliphatic heterocycles. The predicted molar refractivity (Wildman–Crippen MR) is 83.0 cm³/mol. The third kappa shape index (κ3) is 2.45. The van der Waals surface area contributed by atoms with Crippen molar-refractivity contribution in [2.45, 2.75) is 45.4 Å². The second-order valence-corrected chi connectivity index (χ2v) is 5.49. The van der Waals surface area contributed by atoms with Crippen LogP contribution < -0.4 is 0 Å². The van der Waals surface area contributed by atoms with Gasteiger partial charge in [-0.2, -0.15) is 0 Å². The second kappa shape index (κ2) is 5.61. The van der Waals surface area contributed by atoms with Gasteiger partial charge in [-0.25, -0.2) is 0 Å². The number of hydrogen-bond acceptors (Lipinski definition) is 0. The van der Waals surface area contributed by atoms with Crippen LogP contribution in [0.1, 0.15) is 50.2 Å². The summed E-state index contributed by atoms with van der Waals surface area (Å²) in [6.07, 6.45) is 14.6. The lowest BCUT2D eigenvalue weighted by Gasteiger charge is -2.17. The van der Waals surface area contributed by atoms with Gasteiger partial charge in [0.1, 0.15) is 0 Å². The second-order valence-electron chi connectivity index (χ2n) is 5.49. The first-order valence-corrected chi connectivity index (χ1v) is 7.58. The molecular weight excluding hydrogens is 228 g/mol. The van der Waals surface area contributed by atoms with Crippen LogP contribution in [-0.2, 0) is 6.42 Å². The first kappa shape index (κ1) is 12.5. The van der Waals surface area contributed by atoms with Gasteiger partial charge in [-0.1, -0.05) is 55.8 Å². The van der Waals surface area contributed by atoms with E-state index in [-0.39, 0.29) is 0 Å². The van der Waals surface area contributed by atoms with Crippen molar-refractivity contribution in [1.29, 1.82) is 0 Å². The molecule has 0 heteroatoms. The van der Waals surface area contributed by atoms with E-state index in [1.807, 2.05) is 0 Å². The van der Waals surface area contributed by atoms with E-state index in [1.165, 1.54) is 60.8 Å². The lowest BCUT2D eigenvalue weighted by atomic mass is 9.88. The number of rotatable bonds is 2. The highest BCUT2D eigenvalue weighted by atomic mass is 14.2. The van der Waals surface area contributed by atoms with Crippen molar-refractivity contribution < 1.29 is 0 Å². The average molecular weight is 250 g/mol. The van der Waals surface area contributed by atoms with Crippen molar-refractivity contribution in [3.05, 3.63) is 64.8 Å². The minimum absolute atomic E-state index is 1.17. The first-order chi connectivity index (χ1) is 9.40. The molecule has 0 radical (unpaired) electrons.